The SMILES string of the molecule is CNC(Cc1ccc(F)c(Br)c1)c1cn[nH]n1. The minimum absolute atomic E-state index is 0.0612. The van der Waals surface area contributed by atoms with Crippen molar-refractivity contribution >= 4 is 15.9 Å². The van der Waals surface area contributed by atoms with E-state index in [1.807, 2.05) is 7.05 Å². The molecule has 1 aromatic heterocycles. The van der Waals surface area contributed by atoms with Gasteiger partial charge in [-0.15, -0.1) is 0 Å². The van der Waals surface area contributed by atoms with Crippen molar-refractivity contribution in [3.8, 4) is 0 Å². The van der Waals surface area contributed by atoms with Crippen LogP contribution in [-0.2, 0) is 6.42 Å². The van der Waals surface area contributed by atoms with Crippen molar-refractivity contribution in [1.82, 2.24) is 20.7 Å². The molecule has 4 nitrogen and oxygen atoms in total. The zero-order valence-electron chi connectivity index (χ0n) is 9.24. The number of benzene rings is 1. The first-order valence-electron chi connectivity index (χ1n) is 5.17. The maximum absolute atomic E-state index is 13.1. The lowest BCUT2D eigenvalue weighted by Crippen LogP contribution is -2.19. The highest BCUT2D eigenvalue weighted by atomic mass is 79.9. The molecule has 0 saturated carbocycles. The smallest absolute Gasteiger partial charge is 0.137 e. The summed E-state index contributed by atoms with van der Waals surface area (Å²) in [5, 5.41) is 13.6. The fourth-order valence-electron chi connectivity index (χ4n) is 1.64. The van der Waals surface area contributed by atoms with Crippen molar-refractivity contribution < 1.29 is 4.39 Å². The Morgan fingerprint density at radius 1 is 1.53 bits per heavy atom. The quantitative estimate of drug-likeness (QED) is 0.910. The predicted molar refractivity (Wildman–Crippen MR) is 66.0 cm³/mol. The lowest BCUT2D eigenvalue weighted by atomic mass is 10.0. The van der Waals surface area contributed by atoms with E-state index in [1.165, 1.54) is 6.07 Å². The average Bonchev–Trinajstić information content (AvgIpc) is 2.84. The number of nitrogens with zero attached hydrogens (tertiary/aromatic N) is 2. The molecule has 1 unspecified atom stereocenters. The summed E-state index contributed by atoms with van der Waals surface area (Å²) in [6.07, 6.45) is 2.40. The summed E-state index contributed by atoms with van der Waals surface area (Å²) in [5.74, 6) is -0.254. The summed E-state index contributed by atoms with van der Waals surface area (Å²) >= 11 is 3.18. The van der Waals surface area contributed by atoms with Crippen LogP contribution >= 0.6 is 15.9 Å². The van der Waals surface area contributed by atoms with E-state index in [1.54, 1.807) is 18.3 Å². The summed E-state index contributed by atoms with van der Waals surface area (Å²) in [5.41, 5.74) is 1.87. The zero-order valence-corrected chi connectivity index (χ0v) is 10.8. The van der Waals surface area contributed by atoms with E-state index in [0.717, 1.165) is 17.7 Å². The lowest BCUT2D eigenvalue weighted by molar-refractivity contribution is 0.571. The van der Waals surface area contributed by atoms with E-state index in [9.17, 15) is 4.39 Å². The van der Waals surface area contributed by atoms with Crippen molar-refractivity contribution in [2.24, 2.45) is 0 Å². The van der Waals surface area contributed by atoms with Crippen molar-refractivity contribution in [3.63, 3.8) is 0 Å². The van der Waals surface area contributed by atoms with Crippen LogP contribution in [0.1, 0.15) is 17.3 Å². The summed E-state index contributed by atoms with van der Waals surface area (Å²) in [4.78, 5) is 0. The van der Waals surface area contributed by atoms with E-state index < -0.39 is 0 Å². The Morgan fingerprint density at radius 2 is 2.35 bits per heavy atom. The standard InChI is InChI=1S/C11H12BrFN4/c1-14-10(11-6-15-17-16-11)5-7-2-3-9(13)8(12)4-7/h2-4,6,10,14H,5H2,1H3,(H,15,16,17). The second kappa shape index (κ2) is 5.37. The molecule has 0 radical (unpaired) electrons. The van der Waals surface area contributed by atoms with Crippen LogP contribution in [0, 0.1) is 5.82 Å². The van der Waals surface area contributed by atoms with Gasteiger partial charge >= 0.3 is 0 Å². The van der Waals surface area contributed by atoms with Gasteiger partial charge in [0.15, 0.2) is 0 Å². The third-order valence-corrected chi connectivity index (χ3v) is 3.17. The van der Waals surface area contributed by atoms with E-state index in [0.29, 0.717) is 4.47 Å². The highest BCUT2D eigenvalue weighted by Gasteiger charge is 2.13. The van der Waals surface area contributed by atoms with Crippen molar-refractivity contribution in [2.45, 2.75) is 12.5 Å². The van der Waals surface area contributed by atoms with Crippen molar-refractivity contribution in [2.75, 3.05) is 7.05 Å². The van der Waals surface area contributed by atoms with E-state index in [-0.39, 0.29) is 11.9 Å². The lowest BCUT2D eigenvalue weighted by Gasteiger charge is -2.13. The predicted octanol–water partition coefficient (Wildman–Crippen LogP) is 2.21. The summed E-state index contributed by atoms with van der Waals surface area (Å²) in [7, 11) is 1.86. The van der Waals surface area contributed by atoms with Crippen LogP contribution in [0.25, 0.3) is 0 Å². The molecule has 0 aliphatic rings. The fraction of sp³-hybridized carbons (Fsp3) is 0.273. The fourth-order valence-corrected chi connectivity index (χ4v) is 2.06. The number of aromatic nitrogens is 3. The number of H-pyrrole nitrogens is 1. The van der Waals surface area contributed by atoms with Gasteiger partial charge in [-0.2, -0.15) is 15.4 Å². The van der Waals surface area contributed by atoms with Crippen LogP contribution in [0.15, 0.2) is 28.9 Å². The van der Waals surface area contributed by atoms with Crippen LogP contribution in [0.2, 0.25) is 0 Å². The Bertz CT molecular complexity index is 486. The number of rotatable bonds is 4. The van der Waals surface area contributed by atoms with Crippen LogP contribution < -0.4 is 5.32 Å². The van der Waals surface area contributed by atoms with Gasteiger partial charge in [-0.3, -0.25) is 0 Å². The molecule has 0 fully saturated rings. The second-order valence-corrected chi connectivity index (χ2v) is 4.54. The summed E-state index contributed by atoms with van der Waals surface area (Å²) < 4.78 is 13.6. The number of halogens is 2. The topological polar surface area (TPSA) is 53.6 Å². The molecule has 1 aromatic carbocycles. The molecule has 2 rings (SSSR count). The Kier molecular flexibility index (Phi) is 3.86. The number of likely N-dealkylation sites (N-methyl/N-ethyl adjacent to an activating group) is 1. The first kappa shape index (κ1) is 12.2. The van der Waals surface area contributed by atoms with E-state index in [4.69, 9.17) is 0 Å². The molecule has 0 aliphatic carbocycles. The maximum Gasteiger partial charge on any atom is 0.137 e. The highest BCUT2D eigenvalue weighted by molar-refractivity contribution is 9.10. The van der Waals surface area contributed by atoms with Gasteiger partial charge in [-0.05, 0) is 47.1 Å². The van der Waals surface area contributed by atoms with E-state index in [2.05, 4.69) is 36.7 Å². The van der Waals surface area contributed by atoms with Crippen LogP contribution in [0.3, 0.4) is 0 Å². The minimum atomic E-state index is -0.254. The molecule has 2 aromatic rings. The normalized spacial score (nSPS) is 12.6. The number of hydrogen-bond donors (Lipinski definition) is 2. The minimum Gasteiger partial charge on any atom is -0.311 e. The van der Waals surface area contributed by atoms with Crippen molar-refractivity contribution in [3.05, 3.63) is 45.9 Å². The number of nitrogens with one attached hydrogen (secondary N) is 2. The molecule has 0 bridgehead atoms. The molecule has 0 aliphatic heterocycles. The van der Waals surface area contributed by atoms with Gasteiger partial charge in [0.25, 0.3) is 0 Å². The first-order valence-corrected chi connectivity index (χ1v) is 5.97. The first-order chi connectivity index (χ1) is 8.20. The average molecular weight is 299 g/mol. The largest absolute Gasteiger partial charge is 0.311 e. The molecular formula is C11H12BrFN4. The number of hydrogen-bond acceptors (Lipinski definition) is 3. The molecule has 1 atom stereocenters. The molecule has 0 spiro atoms. The van der Waals surface area contributed by atoms with Gasteiger partial charge in [0, 0.05) is 0 Å². The van der Waals surface area contributed by atoms with Crippen molar-refractivity contribution in [1.29, 1.82) is 0 Å². The third kappa shape index (κ3) is 2.89. The Labute approximate surface area is 107 Å². The van der Waals surface area contributed by atoms with Gasteiger partial charge in [0.2, 0.25) is 0 Å². The molecule has 0 amide bonds. The Hall–Kier alpha value is -1.27. The number of aromatic amines is 1. The summed E-state index contributed by atoms with van der Waals surface area (Å²) in [6, 6.07) is 5.06. The molecule has 0 saturated heterocycles. The molecule has 2 N–H and O–H groups in total. The maximum atomic E-state index is 13.1. The molecule has 90 valence electrons. The molecular weight excluding hydrogens is 287 g/mol. The van der Waals surface area contributed by atoms with Gasteiger partial charge in [0.1, 0.15) is 5.82 Å². The van der Waals surface area contributed by atoms with E-state index >= 15 is 0 Å². The molecule has 6 heteroatoms. The third-order valence-electron chi connectivity index (χ3n) is 2.56. The monoisotopic (exact) mass is 298 g/mol. The summed E-state index contributed by atoms with van der Waals surface area (Å²) in [6.45, 7) is 0. The zero-order chi connectivity index (χ0) is 12.3. The van der Waals surface area contributed by atoms with Crippen LogP contribution in [-0.4, -0.2) is 22.5 Å². The van der Waals surface area contributed by atoms with Crippen LogP contribution in [0.5, 0.6) is 0 Å². The Balaban J connectivity index is 2.16. The second-order valence-electron chi connectivity index (χ2n) is 3.69. The highest BCUT2D eigenvalue weighted by Crippen LogP contribution is 2.21. The Morgan fingerprint density at radius 3 is 2.94 bits per heavy atom. The molecule has 1 heterocycles. The van der Waals surface area contributed by atoms with Gasteiger partial charge < -0.3 is 5.32 Å². The van der Waals surface area contributed by atoms with Gasteiger partial charge in [-0.25, -0.2) is 4.39 Å². The van der Waals surface area contributed by atoms with Gasteiger partial charge in [-0.1, -0.05) is 6.07 Å². The van der Waals surface area contributed by atoms with Gasteiger partial charge in [0.05, 0.1) is 22.4 Å². The van der Waals surface area contributed by atoms with Crippen LogP contribution in [0.4, 0.5) is 4.39 Å². The molecule has 17 heavy (non-hydrogen) atoms.